The molecule has 0 aliphatic heterocycles. The van der Waals surface area contributed by atoms with Crippen molar-refractivity contribution in [1.29, 1.82) is 0 Å². The van der Waals surface area contributed by atoms with Crippen molar-refractivity contribution in [3.05, 3.63) is 23.8 Å². The van der Waals surface area contributed by atoms with Gasteiger partial charge >= 0.3 is 11.9 Å². The van der Waals surface area contributed by atoms with E-state index >= 15 is 0 Å². The summed E-state index contributed by atoms with van der Waals surface area (Å²) in [5.41, 5.74) is 4.15. The van der Waals surface area contributed by atoms with Gasteiger partial charge < -0.3 is 15.9 Å². The van der Waals surface area contributed by atoms with E-state index in [1.807, 2.05) is 0 Å². The van der Waals surface area contributed by atoms with Crippen LogP contribution in [0.15, 0.2) is 23.8 Å². The molecule has 2 unspecified atom stereocenters. The molecule has 0 radical (unpaired) electrons. The minimum Gasteiger partial charge on any atom is -0.481 e. The normalized spacial score (nSPS) is 28.9. The highest BCUT2D eigenvalue weighted by atomic mass is 35.5. The third kappa shape index (κ3) is 2.19. The molecular formula is C9H12ClNO4. The van der Waals surface area contributed by atoms with Crippen LogP contribution in [0.3, 0.4) is 0 Å². The van der Waals surface area contributed by atoms with Crippen LogP contribution in [0.5, 0.6) is 0 Å². The van der Waals surface area contributed by atoms with Crippen molar-refractivity contribution in [3.8, 4) is 0 Å². The highest BCUT2D eigenvalue weighted by molar-refractivity contribution is 5.92. The van der Waals surface area contributed by atoms with E-state index in [1.165, 1.54) is 25.2 Å². The topological polar surface area (TPSA) is 101 Å². The Hall–Kier alpha value is -1.33. The van der Waals surface area contributed by atoms with Gasteiger partial charge in [-0.15, -0.1) is 12.4 Å². The fourth-order valence-electron chi connectivity index (χ4n) is 1.29. The summed E-state index contributed by atoms with van der Waals surface area (Å²) in [6, 6.07) is -1.03. The first-order valence-electron chi connectivity index (χ1n) is 4.01. The summed E-state index contributed by atoms with van der Waals surface area (Å²) < 4.78 is 0. The fourth-order valence-corrected chi connectivity index (χ4v) is 1.29. The van der Waals surface area contributed by atoms with Crippen LogP contribution < -0.4 is 5.73 Å². The lowest BCUT2D eigenvalue weighted by atomic mass is 9.76. The second-order valence-corrected chi connectivity index (χ2v) is 3.35. The number of nitrogens with two attached hydrogens (primary N) is 1. The number of aliphatic carboxylic acids is 2. The first-order chi connectivity index (χ1) is 6.39. The largest absolute Gasteiger partial charge is 0.481 e. The second-order valence-electron chi connectivity index (χ2n) is 3.35. The van der Waals surface area contributed by atoms with Gasteiger partial charge in [-0.1, -0.05) is 18.2 Å². The van der Waals surface area contributed by atoms with Gasteiger partial charge in [-0.05, 0) is 6.92 Å². The van der Waals surface area contributed by atoms with Crippen LogP contribution in [0.25, 0.3) is 0 Å². The van der Waals surface area contributed by atoms with Gasteiger partial charge in [-0.3, -0.25) is 4.79 Å². The number of hydrogen-bond acceptors (Lipinski definition) is 3. The third-order valence-electron chi connectivity index (χ3n) is 2.41. The number of carbonyl (C=O) groups is 2. The maximum atomic E-state index is 10.9. The number of rotatable bonds is 2. The molecule has 0 spiro atoms. The van der Waals surface area contributed by atoms with Crippen molar-refractivity contribution in [2.75, 3.05) is 0 Å². The van der Waals surface area contributed by atoms with E-state index in [4.69, 9.17) is 15.9 Å². The molecule has 0 heterocycles. The minimum atomic E-state index is -1.34. The molecular weight excluding hydrogens is 222 g/mol. The molecule has 1 rings (SSSR count). The van der Waals surface area contributed by atoms with E-state index in [0.29, 0.717) is 0 Å². The maximum absolute atomic E-state index is 10.9. The zero-order valence-corrected chi connectivity index (χ0v) is 8.82. The number of hydrogen-bond donors (Lipinski definition) is 3. The highest BCUT2D eigenvalue weighted by Gasteiger charge is 2.42. The van der Waals surface area contributed by atoms with E-state index in [1.54, 1.807) is 0 Å². The quantitative estimate of drug-likeness (QED) is 0.641. The van der Waals surface area contributed by atoms with Crippen molar-refractivity contribution in [2.24, 2.45) is 11.1 Å². The van der Waals surface area contributed by atoms with Gasteiger partial charge in [0.2, 0.25) is 0 Å². The van der Waals surface area contributed by atoms with Crippen molar-refractivity contribution in [3.63, 3.8) is 0 Å². The Morgan fingerprint density at radius 3 is 2.40 bits per heavy atom. The Morgan fingerprint density at radius 1 is 1.47 bits per heavy atom. The Kier molecular flexibility index (Phi) is 4.06. The first kappa shape index (κ1) is 13.7. The molecule has 0 saturated carbocycles. The number of carboxylic acids is 2. The van der Waals surface area contributed by atoms with Crippen LogP contribution >= 0.6 is 12.4 Å². The zero-order chi connectivity index (χ0) is 10.9. The Labute approximate surface area is 92.7 Å². The molecule has 1 aliphatic carbocycles. The molecule has 4 N–H and O–H groups in total. The van der Waals surface area contributed by atoms with E-state index < -0.39 is 23.4 Å². The summed E-state index contributed by atoms with van der Waals surface area (Å²) in [6.07, 6.45) is 4.12. The lowest BCUT2D eigenvalue weighted by Crippen LogP contribution is -2.48. The summed E-state index contributed by atoms with van der Waals surface area (Å²) in [5, 5.41) is 17.7. The molecule has 0 aromatic heterocycles. The Bertz CT molecular complexity index is 350. The molecule has 0 bridgehead atoms. The van der Waals surface area contributed by atoms with Crippen LogP contribution in [0.2, 0.25) is 0 Å². The molecule has 6 heteroatoms. The average molecular weight is 234 g/mol. The third-order valence-corrected chi connectivity index (χ3v) is 2.41. The van der Waals surface area contributed by atoms with Crippen molar-refractivity contribution < 1.29 is 19.8 Å². The summed E-state index contributed by atoms with van der Waals surface area (Å²) in [6.45, 7) is 1.40. The SMILES string of the molecule is CC1(C(=O)O)C=CC=C(C(=O)O)C1N.Cl. The summed E-state index contributed by atoms with van der Waals surface area (Å²) in [4.78, 5) is 21.6. The average Bonchev–Trinajstić information content (AvgIpc) is 2.09. The van der Waals surface area contributed by atoms with Crippen LogP contribution in [0.4, 0.5) is 0 Å². The molecule has 0 aromatic carbocycles. The van der Waals surface area contributed by atoms with Gasteiger partial charge in [-0.2, -0.15) is 0 Å². The van der Waals surface area contributed by atoms with Gasteiger partial charge in [0.05, 0.1) is 11.6 Å². The first-order valence-corrected chi connectivity index (χ1v) is 4.01. The fraction of sp³-hybridized carbons (Fsp3) is 0.333. The molecule has 0 saturated heterocycles. The van der Waals surface area contributed by atoms with Crippen LogP contribution in [0.1, 0.15) is 6.92 Å². The van der Waals surface area contributed by atoms with Crippen molar-refractivity contribution >= 4 is 24.3 Å². The predicted molar refractivity (Wildman–Crippen MR) is 55.8 cm³/mol. The van der Waals surface area contributed by atoms with E-state index in [-0.39, 0.29) is 18.0 Å². The van der Waals surface area contributed by atoms with E-state index in [0.717, 1.165) is 0 Å². The Morgan fingerprint density at radius 2 is 2.00 bits per heavy atom. The summed E-state index contributed by atoms with van der Waals surface area (Å²) in [5.74, 6) is -2.32. The number of carboxylic acid groups (broad SMARTS) is 2. The molecule has 5 nitrogen and oxygen atoms in total. The van der Waals surface area contributed by atoms with Crippen LogP contribution in [0, 0.1) is 5.41 Å². The van der Waals surface area contributed by atoms with Crippen molar-refractivity contribution in [2.45, 2.75) is 13.0 Å². The molecule has 1 aliphatic rings. The van der Waals surface area contributed by atoms with E-state index in [2.05, 4.69) is 0 Å². The van der Waals surface area contributed by atoms with E-state index in [9.17, 15) is 9.59 Å². The lowest BCUT2D eigenvalue weighted by Gasteiger charge is -2.30. The molecule has 15 heavy (non-hydrogen) atoms. The maximum Gasteiger partial charge on any atom is 0.333 e. The molecule has 2 atom stereocenters. The lowest BCUT2D eigenvalue weighted by molar-refractivity contribution is -0.146. The van der Waals surface area contributed by atoms with Crippen LogP contribution in [-0.2, 0) is 9.59 Å². The zero-order valence-electron chi connectivity index (χ0n) is 8.01. The van der Waals surface area contributed by atoms with Gasteiger partial charge in [0.25, 0.3) is 0 Å². The smallest absolute Gasteiger partial charge is 0.333 e. The number of halogens is 1. The predicted octanol–water partition coefficient (Wildman–Crippen LogP) is 0.407. The molecule has 0 aromatic rings. The number of allylic oxidation sites excluding steroid dienone is 2. The van der Waals surface area contributed by atoms with Gasteiger partial charge in [-0.25, -0.2) is 4.79 Å². The Balaban J connectivity index is 0.00000196. The summed E-state index contributed by atoms with van der Waals surface area (Å²) in [7, 11) is 0. The van der Waals surface area contributed by atoms with Gasteiger partial charge in [0.15, 0.2) is 0 Å². The molecule has 84 valence electrons. The monoisotopic (exact) mass is 233 g/mol. The molecule has 0 amide bonds. The second kappa shape index (κ2) is 4.46. The summed E-state index contributed by atoms with van der Waals surface area (Å²) >= 11 is 0. The van der Waals surface area contributed by atoms with Crippen molar-refractivity contribution in [1.82, 2.24) is 0 Å². The van der Waals surface area contributed by atoms with Gasteiger partial charge in [0, 0.05) is 0 Å². The standard InChI is InChI=1S/C9H11NO4.ClH/c1-9(8(13)14)4-2-3-5(6(9)10)7(11)12;/h2-4,6H,10H2,1H3,(H,11,12)(H,13,14);1H. The highest BCUT2D eigenvalue weighted by Crippen LogP contribution is 2.30. The molecule has 0 fully saturated rings. The minimum absolute atomic E-state index is 0. The van der Waals surface area contributed by atoms with Crippen LogP contribution in [-0.4, -0.2) is 28.2 Å². The van der Waals surface area contributed by atoms with Gasteiger partial charge in [0.1, 0.15) is 5.41 Å².